The number of nitrogens with one attached hydrogen (secondary N) is 1. The molecule has 2 heteroatoms. The van der Waals surface area contributed by atoms with E-state index in [1.807, 2.05) is 0 Å². The zero-order chi connectivity index (χ0) is 21.0. The Morgan fingerprint density at radius 1 is 0.733 bits per heavy atom. The minimum atomic E-state index is 0.327. The Morgan fingerprint density at radius 3 is 1.80 bits per heavy atom. The second-order valence-corrected chi connectivity index (χ2v) is 10.4. The minimum Gasteiger partial charge on any atom is -0.312 e. The fourth-order valence-corrected chi connectivity index (χ4v) is 6.14. The van der Waals surface area contributed by atoms with Gasteiger partial charge in [0.05, 0.1) is 0 Å². The van der Waals surface area contributed by atoms with Crippen molar-refractivity contribution < 1.29 is 0 Å². The maximum Gasteiger partial charge on any atom is 0.0205 e. The highest BCUT2D eigenvalue weighted by Crippen LogP contribution is 2.42. The van der Waals surface area contributed by atoms with Crippen LogP contribution in [0.25, 0.3) is 0 Å². The molecule has 0 spiro atoms. The van der Waals surface area contributed by atoms with E-state index in [2.05, 4.69) is 79.8 Å². The van der Waals surface area contributed by atoms with E-state index in [0.29, 0.717) is 10.8 Å². The van der Waals surface area contributed by atoms with Crippen LogP contribution in [0.2, 0.25) is 0 Å². The van der Waals surface area contributed by atoms with E-state index in [-0.39, 0.29) is 0 Å². The van der Waals surface area contributed by atoms with Gasteiger partial charge >= 0.3 is 0 Å². The molecule has 0 radical (unpaired) electrons. The molecule has 2 aromatic carbocycles. The van der Waals surface area contributed by atoms with Crippen molar-refractivity contribution in [3.05, 3.63) is 70.8 Å². The minimum absolute atomic E-state index is 0.327. The fourth-order valence-electron chi connectivity index (χ4n) is 6.14. The van der Waals surface area contributed by atoms with Crippen LogP contribution in [-0.2, 0) is 17.4 Å². The molecule has 0 bridgehead atoms. The van der Waals surface area contributed by atoms with Gasteiger partial charge in [-0.2, -0.15) is 0 Å². The Morgan fingerprint density at radius 2 is 1.23 bits per heavy atom. The molecule has 0 amide bonds. The third-order valence-electron chi connectivity index (χ3n) is 7.76. The Labute approximate surface area is 184 Å². The van der Waals surface area contributed by atoms with E-state index in [0.717, 1.165) is 13.1 Å². The van der Waals surface area contributed by atoms with E-state index in [4.69, 9.17) is 0 Å². The fraction of sp³-hybridized carbons (Fsp3) is 0.571. The highest BCUT2D eigenvalue weighted by Gasteiger charge is 2.36. The van der Waals surface area contributed by atoms with Crippen LogP contribution >= 0.6 is 0 Å². The van der Waals surface area contributed by atoms with Gasteiger partial charge in [-0.3, -0.25) is 0 Å². The number of aryl methyl sites for hydroxylation is 1. The first-order valence-corrected chi connectivity index (χ1v) is 12.0. The topological polar surface area (TPSA) is 15.3 Å². The van der Waals surface area contributed by atoms with Gasteiger partial charge in [0.15, 0.2) is 0 Å². The SMILES string of the molecule is Cc1ccc(C2(CNCc3ccc(C4(CN(C)C)CCCC4)cc3)CCCC2)cc1. The van der Waals surface area contributed by atoms with Crippen molar-refractivity contribution in [2.24, 2.45) is 0 Å². The number of hydrogen-bond acceptors (Lipinski definition) is 2. The Bertz CT molecular complexity index is 792. The lowest BCUT2D eigenvalue weighted by atomic mass is 9.78. The molecule has 2 nitrogen and oxygen atoms in total. The average Bonchev–Trinajstić information content (AvgIpc) is 3.40. The van der Waals surface area contributed by atoms with E-state index >= 15 is 0 Å². The predicted molar refractivity (Wildman–Crippen MR) is 128 cm³/mol. The van der Waals surface area contributed by atoms with Gasteiger partial charge in [-0.25, -0.2) is 0 Å². The largest absolute Gasteiger partial charge is 0.312 e. The molecule has 2 saturated carbocycles. The monoisotopic (exact) mass is 404 g/mol. The molecular formula is C28H40N2. The molecule has 0 aliphatic heterocycles. The Hall–Kier alpha value is -1.64. The standard InChI is InChI=1S/C28H40N2/c1-23-8-12-25(13-9-23)27(16-4-5-17-27)21-29-20-24-10-14-26(15-11-24)28(22-30(2)3)18-6-7-19-28/h8-15,29H,4-7,16-22H2,1-3H3. The lowest BCUT2D eigenvalue weighted by Gasteiger charge is -2.33. The van der Waals surface area contributed by atoms with Crippen LogP contribution < -0.4 is 5.32 Å². The molecular weight excluding hydrogens is 364 g/mol. The summed E-state index contributed by atoms with van der Waals surface area (Å²) in [5, 5.41) is 3.82. The first kappa shape index (κ1) is 21.6. The number of likely N-dealkylation sites (N-methyl/N-ethyl adjacent to an activating group) is 1. The maximum atomic E-state index is 3.82. The van der Waals surface area contributed by atoms with Gasteiger partial charge in [0.1, 0.15) is 0 Å². The molecule has 2 aliphatic rings. The lowest BCUT2D eigenvalue weighted by Crippen LogP contribution is -2.36. The van der Waals surface area contributed by atoms with Gasteiger partial charge in [-0.1, -0.05) is 79.8 Å². The van der Waals surface area contributed by atoms with Gasteiger partial charge in [0.25, 0.3) is 0 Å². The van der Waals surface area contributed by atoms with E-state index in [1.165, 1.54) is 74.6 Å². The molecule has 0 heterocycles. The van der Waals surface area contributed by atoms with Crippen LogP contribution in [0.3, 0.4) is 0 Å². The first-order valence-electron chi connectivity index (χ1n) is 12.0. The van der Waals surface area contributed by atoms with Crippen LogP contribution in [0.4, 0.5) is 0 Å². The summed E-state index contributed by atoms with van der Waals surface area (Å²) in [5.41, 5.74) is 6.54. The highest BCUT2D eigenvalue weighted by molar-refractivity contribution is 5.32. The average molecular weight is 405 g/mol. The van der Waals surface area contributed by atoms with Crippen molar-refractivity contribution in [3.63, 3.8) is 0 Å². The number of benzene rings is 2. The molecule has 0 saturated heterocycles. The molecule has 4 rings (SSSR count). The Balaban J connectivity index is 1.39. The molecule has 0 unspecified atom stereocenters. The summed E-state index contributed by atoms with van der Waals surface area (Å²) >= 11 is 0. The zero-order valence-corrected chi connectivity index (χ0v) is 19.3. The van der Waals surface area contributed by atoms with E-state index < -0.39 is 0 Å². The normalized spacial score (nSPS) is 20.1. The molecule has 2 aromatic rings. The summed E-state index contributed by atoms with van der Waals surface area (Å²) in [6.07, 6.45) is 10.8. The molecule has 30 heavy (non-hydrogen) atoms. The van der Waals surface area contributed by atoms with Crippen LogP contribution in [-0.4, -0.2) is 32.1 Å². The molecule has 0 atom stereocenters. The van der Waals surface area contributed by atoms with Gasteiger partial charge in [-0.05, 0) is 63.4 Å². The first-order chi connectivity index (χ1) is 14.5. The van der Waals surface area contributed by atoms with Crippen molar-refractivity contribution in [2.75, 3.05) is 27.2 Å². The summed E-state index contributed by atoms with van der Waals surface area (Å²) in [4.78, 5) is 2.37. The molecule has 2 fully saturated rings. The maximum absolute atomic E-state index is 3.82. The number of rotatable bonds is 8. The van der Waals surface area contributed by atoms with Gasteiger partial charge in [0.2, 0.25) is 0 Å². The third-order valence-corrected chi connectivity index (χ3v) is 7.76. The molecule has 0 aromatic heterocycles. The molecule has 162 valence electrons. The van der Waals surface area contributed by atoms with Gasteiger partial charge in [-0.15, -0.1) is 0 Å². The molecule has 1 N–H and O–H groups in total. The highest BCUT2D eigenvalue weighted by atomic mass is 15.1. The second-order valence-electron chi connectivity index (χ2n) is 10.4. The van der Waals surface area contributed by atoms with Crippen LogP contribution in [0.5, 0.6) is 0 Å². The van der Waals surface area contributed by atoms with E-state index in [9.17, 15) is 0 Å². The summed E-state index contributed by atoms with van der Waals surface area (Å²) in [5.74, 6) is 0. The van der Waals surface area contributed by atoms with Crippen molar-refractivity contribution in [2.45, 2.75) is 75.7 Å². The quantitative estimate of drug-likeness (QED) is 0.583. The third kappa shape index (κ3) is 4.65. The smallest absolute Gasteiger partial charge is 0.0205 e. The zero-order valence-electron chi connectivity index (χ0n) is 19.3. The summed E-state index contributed by atoms with van der Waals surface area (Å²) in [6, 6.07) is 18.8. The van der Waals surface area contributed by atoms with Crippen molar-refractivity contribution in [1.82, 2.24) is 10.2 Å². The van der Waals surface area contributed by atoms with Crippen LogP contribution in [0.15, 0.2) is 48.5 Å². The summed E-state index contributed by atoms with van der Waals surface area (Å²) < 4.78 is 0. The van der Waals surface area contributed by atoms with Crippen LogP contribution in [0.1, 0.15) is 73.6 Å². The van der Waals surface area contributed by atoms with E-state index in [1.54, 1.807) is 5.56 Å². The van der Waals surface area contributed by atoms with Crippen LogP contribution in [0, 0.1) is 6.92 Å². The van der Waals surface area contributed by atoms with Crippen molar-refractivity contribution in [3.8, 4) is 0 Å². The van der Waals surface area contributed by atoms with Crippen molar-refractivity contribution >= 4 is 0 Å². The lowest BCUT2D eigenvalue weighted by molar-refractivity contribution is 0.284. The summed E-state index contributed by atoms with van der Waals surface area (Å²) in [6.45, 7) is 5.40. The Kier molecular flexibility index (Phi) is 6.65. The van der Waals surface area contributed by atoms with Gasteiger partial charge in [0, 0.05) is 30.5 Å². The number of hydrogen-bond donors (Lipinski definition) is 1. The molecule has 2 aliphatic carbocycles. The second kappa shape index (κ2) is 9.24. The van der Waals surface area contributed by atoms with Gasteiger partial charge < -0.3 is 10.2 Å². The summed E-state index contributed by atoms with van der Waals surface area (Å²) in [7, 11) is 4.43. The predicted octanol–water partition coefficient (Wildman–Crippen LogP) is 5.97. The number of nitrogens with zero attached hydrogens (tertiary/aromatic N) is 1. The van der Waals surface area contributed by atoms with Crippen molar-refractivity contribution in [1.29, 1.82) is 0 Å².